The quantitative estimate of drug-likeness (QED) is 0.852. The molecule has 0 radical (unpaired) electrons. The maximum Gasteiger partial charge on any atom is 0.140 e. The number of benzene rings is 1. The van der Waals surface area contributed by atoms with Crippen LogP contribution in [0.25, 0.3) is 0 Å². The van der Waals surface area contributed by atoms with Crippen molar-refractivity contribution in [3.63, 3.8) is 0 Å². The van der Waals surface area contributed by atoms with Gasteiger partial charge in [-0.1, -0.05) is 28.1 Å². The Morgan fingerprint density at radius 3 is 2.50 bits per heavy atom. The summed E-state index contributed by atoms with van der Waals surface area (Å²) in [5.41, 5.74) is 1.10. The predicted molar refractivity (Wildman–Crippen MR) is 66.4 cm³/mol. The summed E-state index contributed by atoms with van der Waals surface area (Å²) in [5.74, 6) is 0.558. The SMILES string of the molecule is O=C(Cc1ccc(Br)cc1)C1CCOCC1. The fourth-order valence-electron chi connectivity index (χ4n) is 1.97. The minimum Gasteiger partial charge on any atom is -0.381 e. The molecule has 1 heterocycles. The first kappa shape index (κ1) is 11.8. The number of Topliss-reactive ketones (excluding diaryl/α,β-unsaturated/α-hetero) is 1. The van der Waals surface area contributed by atoms with Crippen LogP contribution < -0.4 is 0 Å². The lowest BCUT2D eigenvalue weighted by atomic mass is 9.91. The molecule has 1 aromatic carbocycles. The Kier molecular flexibility index (Phi) is 4.13. The van der Waals surface area contributed by atoms with E-state index >= 15 is 0 Å². The van der Waals surface area contributed by atoms with E-state index in [1.807, 2.05) is 24.3 Å². The molecule has 1 saturated heterocycles. The normalized spacial score (nSPS) is 17.3. The van der Waals surface area contributed by atoms with Gasteiger partial charge in [-0.2, -0.15) is 0 Å². The molecule has 1 fully saturated rings. The molecule has 0 saturated carbocycles. The van der Waals surface area contributed by atoms with Crippen LogP contribution >= 0.6 is 15.9 Å². The highest BCUT2D eigenvalue weighted by molar-refractivity contribution is 9.10. The molecule has 2 nitrogen and oxygen atoms in total. The van der Waals surface area contributed by atoms with Crippen molar-refractivity contribution in [1.29, 1.82) is 0 Å². The minimum atomic E-state index is 0.206. The number of ketones is 1. The van der Waals surface area contributed by atoms with Crippen LogP contribution in [0.4, 0.5) is 0 Å². The molecular formula is C13H15BrO2. The Labute approximate surface area is 104 Å². The standard InChI is InChI=1S/C13H15BrO2/c14-12-3-1-10(2-4-12)9-13(15)11-5-7-16-8-6-11/h1-4,11H,5-9H2. The lowest BCUT2D eigenvalue weighted by Gasteiger charge is -2.20. The van der Waals surface area contributed by atoms with Crippen molar-refractivity contribution < 1.29 is 9.53 Å². The average molecular weight is 283 g/mol. The summed E-state index contributed by atoms with van der Waals surface area (Å²) in [4.78, 5) is 12.0. The van der Waals surface area contributed by atoms with Crippen molar-refractivity contribution in [2.75, 3.05) is 13.2 Å². The smallest absolute Gasteiger partial charge is 0.140 e. The molecule has 3 heteroatoms. The molecule has 2 rings (SSSR count). The monoisotopic (exact) mass is 282 g/mol. The molecule has 1 aromatic rings. The molecule has 86 valence electrons. The molecule has 0 aromatic heterocycles. The summed E-state index contributed by atoms with van der Waals surface area (Å²) in [6.07, 6.45) is 2.32. The van der Waals surface area contributed by atoms with Gasteiger partial charge in [0.15, 0.2) is 0 Å². The molecule has 0 atom stereocenters. The lowest BCUT2D eigenvalue weighted by Crippen LogP contribution is -2.24. The van der Waals surface area contributed by atoms with E-state index in [0.717, 1.165) is 36.1 Å². The van der Waals surface area contributed by atoms with Gasteiger partial charge in [0.2, 0.25) is 0 Å². The Balaban J connectivity index is 1.93. The van der Waals surface area contributed by atoms with Gasteiger partial charge in [0.25, 0.3) is 0 Å². The van der Waals surface area contributed by atoms with E-state index in [1.165, 1.54) is 0 Å². The van der Waals surface area contributed by atoms with E-state index < -0.39 is 0 Å². The van der Waals surface area contributed by atoms with Gasteiger partial charge < -0.3 is 4.74 Å². The van der Waals surface area contributed by atoms with Gasteiger partial charge in [-0.3, -0.25) is 4.79 Å². The molecule has 16 heavy (non-hydrogen) atoms. The number of hydrogen-bond acceptors (Lipinski definition) is 2. The van der Waals surface area contributed by atoms with Crippen molar-refractivity contribution in [1.82, 2.24) is 0 Å². The van der Waals surface area contributed by atoms with Crippen LogP contribution in [0.1, 0.15) is 18.4 Å². The number of carbonyl (C=O) groups excluding carboxylic acids is 1. The van der Waals surface area contributed by atoms with Crippen LogP contribution in [0.3, 0.4) is 0 Å². The Morgan fingerprint density at radius 2 is 1.88 bits per heavy atom. The van der Waals surface area contributed by atoms with Crippen molar-refractivity contribution in [2.45, 2.75) is 19.3 Å². The number of ether oxygens (including phenoxy) is 1. The molecule has 0 unspecified atom stereocenters. The molecule has 0 spiro atoms. The van der Waals surface area contributed by atoms with E-state index in [2.05, 4.69) is 15.9 Å². The summed E-state index contributed by atoms with van der Waals surface area (Å²) in [5, 5.41) is 0. The van der Waals surface area contributed by atoms with E-state index in [-0.39, 0.29) is 5.92 Å². The second kappa shape index (κ2) is 5.60. The van der Waals surface area contributed by atoms with E-state index in [9.17, 15) is 4.79 Å². The molecule has 0 amide bonds. The predicted octanol–water partition coefficient (Wildman–Crippen LogP) is 2.99. The number of carbonyl (C=O) groups is 1. The lowest BCUT2D eigenvalue weighted by molar-refractivity contribution is -0.125. The van der Waals surface area contributed by atoms with Crippen LogP contribution in [-0.2, 0) is 16.0 Å². The van der Waals surface area contributed by atoms with Crippen molar-refractivity contribution >= 4 is 21.7 Å². The topological polar surface area (TPSA) is 26.3 Å². The van der Waals surface area contributed by atoms with E-state index in [0.29, 0.717) is 12.2 Å². The second-order valence-corrected chi connectivity index (χ2v) is 5.07. The zero-order valence-electron chi connectivity index (χ0n) is 9.12. The first-order chi connectivity index (χ1) is 7.75. The fourth-order valence-corrected chi connectivity index (χ4v) is 2.23. The highest BCUT2D eigenvalue weighted by Gasteiger charge is 2.21. The van der Waals surface area contributed by atoms with Gasteiger partial charge in [0.05, 0.1) is 0 Å². The van der Waals surface area contributed by atoms with Gasteiger partial charge in [-0.05, 0) is 30.5 Å². The summed E-state index contributed by atoms with van der Waals surface area (Å²) in [6, 6.07) is 7.96. The van der Waals surface area contributed by atoms with Crippen LogP contribution in [0.2, 0.25) is 0 Å². The Morgan fingerprint density at radius 1 is 1.25 bits per heavy atom. The summed E-state index contributed by atoms with van der Waals surface area (Å²) in [7, 11) is 0. The zero-order valence-corrected chi connectivity index (χ0v) is 10.7. The van der Waals surface area contributed by atoms with Gasteiger partial charge in [0.1, 0.15) is 5.78 Å². The van der Waals surface area contributed by atoms with Crippen LogP contribution in [-0.4, -0.2) is 19.0 Å². The van der Waals surface area contributed by atoms with Crippen LogP contribution in [0.15, 0.2) is 28.7 Å². The first-order valence-corrected chi connectivity index (χ1v) is 6.40. The third-order valence-corrected chi connectivity index (χ3v) is 3.50. The highest BCUT2D eigenvalue weighted by Crippen LogP contribution is 2.18. The van der Waals surface area contributed by atoms with Crippen molar-refractivity contribution in [3.8, 4) is 0 Å². The largest absolute Gasteiger partial charge is 0.381 e. The fraction of sp³-hybridized carbons (Fsp3) is 0.462. The highest BCUT2D eigenvalue weighted by atomic mass is 79.9. The third-order valence-electron chi connectivity index (χ3n) is 2.97. The zero-order chi connectivity index (χ0) is 11.4. The van der Waals surface area contributed by atoms with Gasteiger partial charge in [-0.25, -0.2) is 0 Å². The molecule has 0 bridgehead atoms. The maximum absolute atomic E-state index is 12.0. The minimum absolute atomic E-state index is 0.206. The first-order valence-electron chi connectivity index (χ1n) is 5.60. The number of rotatable bonds is 3. The van der Waals surface area contributed by atoms with Crippen LogP contribution in [0.5, 0.6) is 0 Å². The number of hydrogen-bond donors (Lipinski definition) is 0. The molecule has 1 aliphatic rings. The van der Waals surface area contributed by atoms with E-state index in [1.54, 1.807) is 0 Å². The maximum atomic E-state index is 12.0. The third kappa shape index (κ3) is 3.16. The van der Waals surface area contributed by atoms with Crippen molar-refractivity contribution in [2.24, 2.45) is 5.92 Å². The van der Waals surface area contributed by atoms with Crippen molar-refractivity contribution in [3.05, 3.63) is 34.3 Å². The molecule has 0 aliphatic carbocycles. The molecule has 1 aliphatic heterocycles. The molecule has 0 N–H and O–H groups in total. The van der Waals surface area contributed by atoms with Gasteiger partial charge >= 0.3 is 0 Å². The van der Waals surface area contributed by atoms with Gasteiger partial charge in [-0.15, -0.1) is 0 Å². The second-order valence-electron chi connectivity index (χ2n) is 4.16. The Bertz CT molecular complexity index is 353. The van der Waals surface area contributed by atoms with Gasteiger partial charge in [0, 0.05) is 30.0 Å². The summed E-state index contributed by atoms with van der Waals surface area (Å²) in [6.45, 7) is 1.47. The number of halogens is 1. The van der Waals surface area contributed by atoms with Crippen LogP contribution in [0, 0.1) is 5.92 Å². The average Bonchev–Trinajstić information content (AvgIpc) is 2.33. The van der Waals surface area contributed by atoms with E-state index in [4.69, 9.17) is 4.74 Å². The Hall–Kier alpha value is -0.670. The summed E-state index contributed by atoms with van der Waals surface area (Å²) < 4.78 is 6.31. The molecular weight excluding hydrogens is 268 g/mol. The summed E-state index contributed by atoms with van der Waals surface area (Å²) >= 11 is 3.39.